The second-order valence-electron chi connectivity index (χ2n) is 7.87. The zero-order valence-corrected chi connectivity index (χ0v) is 18.7. The Morgan fingerprint density at radius 3 is 2.56 bits per heavy atom. The largest absolute Gasteiger partial charge is 0.497 e. The molecule has 0 aliphatic carbocycles. The van der Waals surface area contributed by atoms with Gasteiger partial charge in [0, 0.05) is 42.0 Å². The summed E-state index contributed by atoms with van der Waals surface area (Å²) < 4.78 is 8.65. The average Bonchev–Trinajstić information content (AvgIpc) is 3.25. The fourth-order valence-electron chi connectivity index (χ4n) is 3.73. The number of anilines is 1. The second kappa shape index (κ2) is 8.70. The highest BCUT2D eigenvalue weighted by molar-refractivity contribution is 5.90. The van der Waals surface area contributed by atoms with Crippen LogP contribution in [0.25, 0.3) is 16.9 Å². The van der Waals surface area contributed by atoms with Gasteiger partial charge in [-0.05, 0) is 44.5 Å². The van der Waals surface area contributed by atoms with E-state index in [-0.39, 0.29) is 17.9 Å². The van der Waals surface area contributed by atoms with Gasteiger partial charge in [0.1, 0.15) is 11.4 Å². The molecule has 0 aliphatic heterocycles. The van der Waals surface area contributed by atoms with E-state index in [1.807, 2.05) is 80.1 Å². The van der Waals surface area contributed by atoms with E-state index >= 15 is 0 Å². The van der Waals surface area contributed by atoms with Gasteiger partial charge in [-0.2, -0.15) is 9.61 Å². The van der Waals surface area contributed by atoms with Crippen molar-refractivity contribution in [1.29, 1.82) is 0 Å². The Labute approximate surface area is 186 Å². The lowest BCUT2D eigenvalue weighted by atomic mass is 10.1. The van der Waals surface area contributed by atoms with E-state index in [2.05, 4.69) is 10.4 Å². The topological polar surface area (TPSA) is 77.6 Å². The first-order valence-corrected chi connectivity index (χ1v) is 10.5. The molecule has 1 amide bonds. The maximum Gasteiger partial charge on any atom is 0.277 e. The first-order chi connectivity index (χ1) is 15.4. The van der Waals surface area contributed by atoms with Crippen LogP contribution in [0.3, 0.4) is 0 Å². The Kier molecular flexibility index (Phi) is 5.81. The molecule has 0 atom stereocenters. The minimum atomic E-state index is -0.201. The molecule has 0 aliphatic rings. The summed E-state index contributed by atoms with van der Waals surface area (Å²) in [5.41, 5.74) is 5.32. The van der Waals surface area contributed by atoms with Crippen LogP contribution in [0.5, 0.6) is 5.75 Å². The van der Waals surface area contributed by atoms with Crippen molar-refractivity contribution in [3.8, 4) is 17.0 Å². The summed E-state index contributed by atoms with van der Waals surface area (Å²) in [7, 11) is 3.51. The molecule has 0 unspecified atom stereocenters. The van der Waals surface area contributed by atoms with Crippen LogP contribution in [0, 0.1) is 13.8 Å². The van der Waals surface area contributed by atoms with E-state index in [1.54, 1.807) is 7.11 Å². The summed E-state index contributed by atoms with van der Waals surface area (Å²) in [6.07, 6.45) is 0.542. The SMILES string of the molecule is COc1cccc(-c2cc3n(C)c(C)c(CCC(=O)Nc4ccc(C)cc4)c(=O)n3n2)c1. The van der Waals surface area contributed by atoms with Crippen molar-refractivity contribution in [3.63, 3.8) is 0 Å². The van der Waals surface area contributed by atoms with Crippen LogP contribution in [0.15, 0.2) is 59.4 Å². The highest BCUT2D eigenvalue weighted by Gasteiger charge is 2.17. The van der Waals surface area contributed by atoms with E-state index in [0.29, 0.717) is 23.3 Å². The Balaban J connectivity index is 1.61. The first-order valence-electron chi connectivity index (χ1n) is 10.5. The van der Waals surface area contributed by atoms with E-state index < -0.39 is 0 Å². The first kappa shape index (κ1) is 21.4. The lowest BCUT2D eigenvalue weighted by Gasteiger charge is -2.12. The average molecular weight is 431 g/mol. The van der Waals surface area contributed by atoms with Crippen molar-refractivity contribution in [1.82, 2.24) is 14.2 Å². The molecule has 2 aromatic heterocycles. The number of rotatable bonds is 6. The highest BCUT2D eigenvalue weighted by Crippen LogP contribution is 2.24. The van der Waals surface area contributed by atoms with Gasteiger partial charge in [-0.1, -0.05) is 29.8 Å². The monoisotopic (exact) mass is 430 g/mol. The molecule has 7 nitrogen and oxygen atoms in total. The second-order valence-corrected chi connectivity index (χ2v) is 7.87. The number of carbonyl (C=O) groups excluding carboxylic acids is 1. The van der Waals surface area contributed by atoms with Crippen LogP contribution in [-0.4, -0.2) is 27.2 Å². The summed E-state index contributed by atoms with van der Waals surface area (Å²) in [6, 6.07) is 17.1. The van der Waals surface area contributed by atoms with E-state index in [0.717, 1.165) is 28.3 Å². The number of ether oxygens (including phenoxy) is 1. The number of aromatic nitrogens is 3. The zero-order valence-electron chi connectivity index (χ0n) is 18.7. The Morgan fingerprint density at radius 1 is 1.09 bits per heavy atom. The van der Waals surface area contributed by atoms with Crippen molar-refractivity contribution in [2.75, 3.05) is 12.4 Å². The molecule has 1 N–H and O–H groups in total. The Morgan fingerprint density at radius 2 is 1.84 bits per heavy atom. The maximum atomic E-state index is 13.2. The molecule has 0 saturated heterocycles. The predicted octanol–water partition coefficient (Wildman–Crippen LogP) is 3.90. The number of benzene rings is 2. The van der Waals surface area contributed by atoms with Gasteiger partial charge in [0.25, 0.3) is 5.56 Å². The summed E-state index contributed by atoms with van der Waals surface area (Å²) in [5, 5.41) is 7.44. The number of methoxy groups -OCH3 is 1. The van der Waals surface area contributed by atoms with Crippen molar-refractivity contribution in [2.45, 2.75) is 26.7 Å². The number of amides is 1. The molecule has 0 bridgehead atoms. The van der Waals surface area contributed by atoms with E-state index in [1.165, 1.54) is 4.52 Å². The van der Waals surface area contributed by atoms with Gasteiger partial charge < -0.3 is 14.6 Å². The summed E-state index contributed by atoms with van der Waals surface area (Å²) >= 11 is 0. The van der Waals surface area contributed by atoms with Crippen molar-refractivity contribution in [2.24, 2.45) is 7.05 Å². The quantitative estimate of drug-likeness (QED) is 0.503. The minimum absolute atomic E-state index is 0.132. The molecule has 2 heterocycles. The van der Waals surface area contributed by atoms with E-state index in [4.69, 9.17) is 4.74 Å². The molecule has 2 aromatic carbocycles. The van der Waals surface area contributed by atoms with Gasteiger partial charge in [0.05, 0.1) is 12.8 Å². The smallest absolute Gasteiger partial charge is 0.277 e. The van der Waals surface area contributed by atoms with Crippen LogP contribution in [0.1, 0.15) is 23.2 Å². The zero-order chi connectivity index (χ0) is 22.8. The molecule has 0 radical (unpaired) electrons. The van der Waals surface area contributed by atoms with Crippen LogP contribution in [0.2, 0.25) is 0 Å². The molecule has 164 valence electrons. The Hall–Kier alpha value is -3.87. The van der Waals surface area contributed by atoms with Crippen molar-refractivity contribution >= 4 is 17.2 Å². The van der Waals surface area contributed by atoms with Crippen LogP contribution >= 0.6 is 0 Å². The fourth-order valence-corrected chi connectivity index (χ4v) is 3.73. The van der Waals surface area contributed by atoms with Gasteiger partial charge in [-0.3, -0.25) is 9.59 Å². The summed E-state index contributed by atoms with van der Waals surface area (Å²) in [4.78, 5) is 25.6. The fraction of sp³-hybridized carbons (Fsp3) is 0.240. The number of nitrogens with one attached hydrogen (secondary N) is 1. The Bertz CT molecular complexity index is 1350. The molecule has 0 saturated carbocycles. The van der Waals surface area contributed by atoms with Crippen LogP contribution in [0.4, 0.5) is 5.69 Å². The van der Waals surface area contributed by atoms with Crippen LogP contribution < -0.4 is 15.6 Å². The maximum absolute atomic E-state index is 13.2. The lowest BCUT2D eigenvalue weighted by Crippen LogP contribution is -2.26. The summed E-state index contributed by atoms with van der Waals surface area (Å²) in [6.45, 7) is 3.89. The number of fused-ring (bicyclic) bond motifs is 1. The minimum Gasteiger partial charge on any atom is -0.497 e. The standard InChI is InChI=1S/C25H26N4O3/c1-16-8-10-19(11-9-16)26-23(30)13-12-21-17(2)28(3)24-15-22(27-29(24)25(21)31)18-6-5-7-20(14-18)32-4/h5-11,14-15H,12-13H2,1-4H3,(H,26,30). The summed E-state index contributed by atoms with van der Waals surface area (Å²) in [5.74, 6) is 0.593. The van der Waals surface area contributed by atoms with Crippen LogP contribution in [-0.2, 0) is 18.3 Å². The normalized spacial score (nSPS) is 11.0. The molecule has 0 fully saturated rings. The number of nitrogens with zero attached hydrogens (tertiary/aromatic N) is 3. The third-order valence-corrected chi connectivity index (χ3v) is 5.73. The third kappa shape index (κ3) is 4.14. The lowest BCUT2D eigenvalue weighted by molar-refractivity contribution is -0.116. The molecule has 0 spiro atoms. The number of aryl methyl sites for hydroxylation is 2. The van der Waals surface area contributed by atoms with Gasteiger partial charge in [0.15, 0.2) is 0 Å². The van der Waals surface area contributed by atoms with E-state index in [9.17, 15) is 9.59 Å². The molecule has 32 heavy (non-hydrogen) atoms. The van der Waals surface area contributed by atoms with Crippen molar-refractivity contribution in [3.05, 3.63) is 81.8 Å². The van der Waals surface area contributed by atoms with Gasteiger partial charge in [-0.15, -0.1) is 0 Å². The predicted molar refractivity (Wildman–Crippen MR) is 125 cm³/mol. The molecule has 4 aromatic rings. The molecular weight excluding hydrogens is 404 g/mol. The third-order valence-electron chi connectivity index (χ3n) is 5.73. The van der Waals surface area contributed by atoms with Gasteiger partial charge >= 0.3 is 0 Å². The van der Waals surface area contributed by atoms with Crippen molar-refractivity contribution < 1.29 is 9.53 Å². The molecule has 4 rings (SSSR count). The number of carbonyl (C=O) groups is 1. The number of hydrogen-bond acceptors (Lipinski definition) is 4. The highest BCUT2D eigenvalue weighted by atomic mass is 16.5. The van der Waals surface area contributed by atoms with Gasteiger partial charge in [-0.25, -0.2) is 0 Å². The number of hydrogen-bond donors (Lipinski definition) is 1. The molecular formula is C25H26N4O3. The molecule has 7 heteroatoms. The van der Waals surface area contributed by atoms with Gasteiger partial charge in [0.2, 0.25) is 5.91 Å².